The molecule has 1 amide bonds. The number of benzene rings is 2. The Labute approximate surface area is 168 Å². The van der Waals surface area contributed by atoms with Gasteiger partial charge in [0.25, 0.3) is 0 Å². The van der Waals surface area contributed by atoms with Gasteiger partial charge in [-0.1, -0.05) is 26.0 Å². The summed E-state index contributed by atoms with van der Waals surface area (Å²) >= 11 is 0. The van der Waals surface area contributed by atoms with Crippen LogP contribution in [0, 0.1) is 6.92 Å². The summed E-state index contributed by atoms with van der Waals surface area (Å²) in [6, 6.07) is 13.7. The van der Waals surface area contributed by atoms with E-state index in [1.807, 2.05) is 49.4 Å². The number of aromatic amines is 1. The van der Waals surface area contributed by atoms with Gasteiger partial charge in [-0.3, -0.25) is 4.79 Å². The van der Waals surface area contributed by atoms with Crippen molar-refractivity contribution in [1.82, 2.24) is 30.2 Å². The molecule has 2 N–H and O–H groups in total. The number of tetrazole rings is 1. The summed E-state index contributed by atoms with van der Waals surface area (Å²) in [5, 5.41) is 15.3. The van der Waals surface area contributed by atoms with Crippen molar-refractivity contribution in [3.05, 3.63) is 53.9 Å². The van der Waals surface area contributed by atoms with E-state index in [1.165, 1.54) is 10.4 Å². The number of rotatable bonds is 6. The molecule has 2 aromatic heterocycles. The molecule has 8 heteroatoms. The number of nitrogens with zero attached hydrogens (tertiary/aromatic N) is 5. The molecule has 0 bridgehead atoms. The van der Waals surface area contributed by atoms with E-state index in [2.05, 4.69) is 44.5 Å². The van der Waals surface area contributed by atoms with Crippen LogP contribution in [0.4, 0.5) is 5.69 Å². The average Bonchev–Trinajstić information content (AvgIpc) is 3.32. The monoisotopic (exact) mass is 389 g/mol. The van der Waals surface area contributed by atoms with Gasteiger partial charge >= 0.3 is 0 Å². The Morgan fingerprint density at radius 2 is 2.00 bits per heavy atom. The second-order valence-electron chi connectivity index (χ2n) is 7.18. The third-order valence-corrected chi connectivity index (χ3v) is 4.97. The van der Waals surface area contributed by atoms with Crippen LogP contribution in [-0.4, -0.2) is 36.1 Å². The second-order valence-corrected chi connectivity index (χ2v) is 7.18. The molecule has 0 spiro atoms. The molecule has 0 fully saturated rings. The van der Waals surface area contributed by atoms with E-state index in [9.17, 15) is 4.79 Å². The molecular weight excluding hydrogens is 366 g/mol. The van der Waals surface area contributed by atoms with Crippen LogP contribution in [0.5, 0.6) is 0 Å². The fourth-order valence-corrected chi connectivity index (χ4v) is 3.16. The highest BCUT2D eigenvalue weighted by atomic mass is 16.2. The number of carbonyl (C=O) groups is 1. The highest BCUT2D eigenvalue weighted by Gasteiger charge is 2.11. The summed E-state index contributed by atoms with van der Waals surface area (Å²) < 4.78 is 0. The topological polar surface area (TPSA) is 101 Å². The van der Waals surface area contributed by atoms with E-state index in [1.54, 1.807) is 0 Å². The molecule has 2 aromatic carbocycles. The van der Waals surface area contributed by atoms with Crippen LogP contribution in [0.2, 0.25) is 0 Å². The fourth-order valence-electron chi connectivity index (χ4n) is 3.16. The van der Waals surface area contributed by atoms with Crippen LogP contribution in [-0.2, 0) is 11.3 Å². The maximum Gasteiger partial charge on any atom is 0.248 e. The normalized spacial score (nSPS) is 12.2. The molecule has 0 aliphatic rings. The SMILES string of the molecule is CCC(C)c1ccc(NC(=O)Cn2nnc(-c3ccc4nc(C)[nH]c4c3)n2)cc1. The van der Waals surface area contributed by atoms with Crippen LogP contribution in [0.1, 0.15) is 37.6 Å². The van der Waals surface area contributed by atoms with Crippen molar-refractivity contribution in [3.63, 3.8) is 0 Å². The number of carbonyl (C=O) groups excluding carboxylic acids is 1. The van der Waals surface area contributed by atoms with E-state index in [-0.39, 0.29) is 12.5 Å². The third kappa shape index (κ3) is 4.16. The number of amides is 1. The summed E-state index contributed by atoms with van der Waals surface area (Å²) in [5.74, 6) is 1.61. The second kappa shape index (κ2) is 7.83. The Balaban J connectivity index is 1.42. The van der Waals surface area contributed by atoms with Crippen molar-refractivity contribution in [3.8, 4) is 11.4 Å². The van der Waals surface area contributed by atoms with Crippen LogP contribution in [0.3, 0.4) is 0 Å². The molecule has 29 heavy (non-hydrogen) atoms. The largest absolute Gasteiger partial charge is 0.342 e. The van der Waals surface area contributed by atoms with Crippen molar-refractivity contribution >= 4 is 22.6 Å². The lowest BCUT2D eigenvalue weighted by molar-refractivity contribution is -0.117. The first kappa shape index (κ1) is 18.8. The number of hydrogen-bond donors (Lipinski definition) is 2. The average molecular weight is 389 g/mol. The Kier molecular flexibility index (Phi) is 5.07. The molecule has 0 aliphatic heterocycles. The van der Waals surface area contributed by atoms with Crippen LogP contribution < -0.4 is 5.32 Å². The number of H-pyrrole nitrogens is 1. The zero-order valence-corrected chi connectivity index (χ0v) is 16.7. The molecule has 0 saturated carbocycles. The Bertz CT molecular complexity index is 1140. The van der Waals surface area contributed by atoms with Gasteiger partial charge in [-0.2, -0.15) is 4.80 Å². The molecule has 4 aromatic rings. The van der Waals surface area contributed by atoms with Gasteiger partial charge < -0.3 is 10.3 Å². The van der Waals surface area contributed by atoms with Gasteiger partial charge in [0.1, 0.15) is 12.4 Å². The van der Waals surface area contributed by atoms with Gasteiger partial charge in [-0.25, -0.2) is 4.98 Å². The minimum atomic E-state index is -0.204. The predicted octanol–water partition coefficient (Wildman–Crippen LogP) is 3.68. The molecule has 8 nitrogen and oxygen atoms in total. The molecule has 0 saturated heterocycles. The lowest BCUT2D eigenvalue weighted by Crippen LogP contribution is -2.20. The molecule has 1 atom stereocenters. The zero-order chi connectivity index (χ0) is 20.4. The van der Waals surface area contributed by atoms with E-state index >= 15 is 0 Å². The highest BCUT2D eigenvalue weighted by molar-refractivity contribution is 5.90. The predicted molar refractivity (Wildman–Crippen MR) is 111 cm³/mol. The first-order chi connectivity index (χ1) is 14.0. The molecule has 4 rings (SSSR count). The number of anilines is 1. The van der Waals surface area contributed by atoms with Crippen LogP contribution in [0.15, 0.2) is 42.5 Å². The third-order valence-electron chi connectivity index (χ3n) is 4.97. The zero-order valence-electron chi connectivity index (χ0n) is 16.7. The van der Waals surface area contributed by atoms with Gasteiger partial charge in [-0.15, -0.1) is 10.2 Å². The molecule has 0 radical (unpaired) electrons. The first-order valence-electron chi connectivity index (χ1n) is 9.66. The lowest BCUT2D eigenvalue weighted by Gasteiger charge is -2.10. The van der Waals surface area contributed by atoms with Gasteiger partial charge in [0.2, 0.25) is 11.7 Å². The van der Waals surface area contributed by atoms with Crippen molar-refractivity contribution in [2.24, 2.45) is 0 Å². The maximum absolute atomic E-state index is 12.3. The van der Waals surface area contributed by atoms with Gasteiger partial charge in [0.05, 0.1) is 11.0 Å². The Hall–Kier alpha value is -3.55. The number of fused-ring (bicyclic) bond motifs is 1. The summed E-state index contributed by atoms with van der Waals surface area (Å²) in [6.45, 7) is 6.25. The molecule has 1 unspecified atom stereocenters. The summed E-state index contributed by atoms with van der Waals surface area (Å²) in [4.78, 5) is 21.2. The number of aromatic nitrogens is 6. The molecule has 2 heterocycles. The number of hydrogen-bond acceptors (Lipinski definition) is 5. The van der Waals surface area contributed by atoms with Gasteiger partial charge in [-0.05, 0) is 60.4 Å². The quantitative estimate of drug-likeness (QED) is 0.524. The van der Waals surface area contributed by atoms with Crippen molar-refractivity contribution in [2.45, 2.75) is 39.7 Å². The molecular formula is C21H23N7O. The van der Waals surface area contributed by atoms with E-state index in [0.29, 0.717) is 11.7 Å². The van der Waals surface area contributed by atoms with E-state index in [4.69, 9.17) is 0 Å². The Morgan fingerprint density at radius 1 is 1.21 bits per heavy atom. The molecule has 0 aliphatic carbocycles. The van der Waals surface area contributed by atoms with E-state index in [0.717, 1.165) is 34.5 Å². The summed E-state index contributed by atoms with van der Waals surface area (Å²) in [5.41, 5.74) is 4.63. The smallest absolute Gasteiger partial charge is 0.248 e. The fraction of sp³-hybridized carbons (Fsp3) is 0.286. The first-order valence-corrected chi connectivity index (χ1v) is 9.66. The van der Waals surface area contributed by atoms with Crippen molar-refractivity contribution in [2.75, 3.05) is 5.32 Å². The van der Waals surface area contributed by atoms with Crippen LogP contribution >= 0.6 is 0 Å². The highest BCUT2D eigenvalue weighted by Crippen LogP contribution is 2.21. The number of aryl methyl sites for hydroxylation is 1. The van der Waals surface area contributed by atoms with Gasteiger partial charge in [0, 0.05) is 11.3 Å². The maximum atomic E-state index is 12.3. The van der Waals surface area contributed by atoms with E-state index < -0.39 is 0 Å². The van der Waals surface area contributed by atoms with Crippen molar-refractivity contribution in [1.29, 1.82) is 0 Å². The summed E-state index contributed by atoms with van der Waals surface area (Å²) in [6.07, 6.45) is 1.08. The van der Waals surface area contributed by atoms with Crippen molar-refractivity contribution < 1.29 is 4.79 Å². The number of imidazole rings is 1. The standard InChI is InChI=1S/C21H23N7O/c1-4-13(2)15-5-8-17(9-6-15)24-20(29)12-28-26-21(25-27-28)16-7-10-18-19(11-16)23-14(3)22-18/h5-11,13H,4,12H2,1-3H3,(H,22,23)(H,24,29). The summed E-state index contributed by atoms with van der Waals surface area (Å²) in [7, 11) is 0. The van der Waals surface area contributed by atoms with Gasteiger partial charge in [0.15, 0.2) is 0 Å². The minimum Gasteiger partial charge on any atom is -0.342 e. The number of nitrogens with one attached hydrogen (secondary N) is 2. The minimum absolute atomic E-state index is 0.00841. The lowest BCUT2D eigenvalue weighted by atomic mass is 9.99. The van der Waals surface area contributed by atoms with Crippen LogP contribution in [0.25, 0.3) is 22.4 Å². The molecule has 148 valence electrons. The Morgan fingerprint density at radius 3 is 2.76 bits per heavy atom.